The lowest BCUT2D eigenvalue weighted by Crippen LogP contribution is -2.55. The standard InChI is InChI=1S/C58H104N3O9S/c1-7-10-13-16-18-20-22-24-26-28-30-32-34-39-53(62)67-47-52(48-68-54(63)40-35-33-31-29-27-25-23-21-19-17-14-11-8-2)70-56(65)45-49(4)41-42-55(64)69-50(5)61(6)43-37-38-51(46-61)57-58(60-71-59-57)66-44-36-15-12-9-3/h38,49-50,52H,7-37,39-48H2,1-6H3/q+1. The minimum atomic E-state index is -0.909. The van der Waals surface area contributed by atoms with Crippen LogP contribution in [0.3, 0.4) is 0 Å². The second kappa shape index (κ2) is 42.3. The number of unbranched alkanes of at least 4 members (excludes halogenated alkanes) is 27. The largest absolute Gasteiger partial charge is 0.475 e. The minimum Gasteiger partial charge on any atom is -0.475 e. The Balaban J connectivity index is 1.78. The Labute approximate surface area is 437 Å². The maximum atomic E-state index is 13.2. The van der Waals surface area contributed by atoms with Gasteiger partial charge in [-0.1, -0.05) is 207 Å². The molecule has 12 nitrogen and oxygen atoms in total. The maximum absolute atomic E-state index is 13.2. The molecule has 0 bridgehead atoms. The molecule has 0 N–H and O–H groups in total. The molecule has 71 heavy (non-hydrogen) atoms. The van der Waals surface area contributed by atoms with Crippen LogP contribution in [0.15, 0.2) is 6.08 Å². The van der Waals surface area contributed by atoms with E-state index in [4.69, 9.17) is 23.7 Å². The Morgan fingerprint density at radius 2 is 1.01 bits per heavy atom. The highest BCUT2D eigenvalue weighted by molar-refractivity contribution is 6.99. The average Bonchev–Trinajstić information content (AvgIpc) is 3.83. The highest BCUT2D eigenvalue weighted by Crippen LogP contribution is 2.32. The lowest BCUT2D eigenvalue weighted by Gasteiger charge is -2.41. The van der Waals surface area contributed by atoms with Crippen molar-refractivity contribution in [2.75, 3.05) is 40.0 Å². The van der Waals surface area contributed by atoms with Crippen LogP contribution < -0.4 is 4.74 Å². The number of quaternary nitrogens is 1. The van der Waals surface area contributed by atoms with Crippen molar-refractivity contribution in [3.05, 3.63) is 11.8 Å². The Hall–Kier alpha value is -3.06. The summed E-state index contributed by atoms with van der Waals surface area (Å²) in [5.41, 5.74) is 1.83. The van der Waals surface area contributed by atoms with Crippen LogP contribution in [0.1, 0.15) is 271 Å². The smallest absolute Gasteiger partial charge is 0.310 e. The molecule has 1 aliphatic rings. The van der Waals surface area contributed by atoms with Gasteiger partial charge in [0.2, 0.25) is 6.23 Å². The molecule has 2 rings (SSSR count). The van der Waals surface area contributed by atoms with Crippen LogP contribution in [-0.4, -0.2) is 89.4 Å². The van der Waals surface area contributed by atoms with E-state index in [2.05, 4.69) is 42.6 Å². The van der Waals surface area contributed by atoms with Gasteiger partial charge in [-0.15, -0.1) is 4.37 Å². The van der Waals surface area contributed by atoms with Gasteiger partial charge in [-0.05, 0) is 31.6 Å². The van der Waals surface area contributed by atoms with Gasteiger partial charge in [0.25, 0.3) is 5.88 Å². The van der Waals surface area contributed by atoms with E-state index in [-0.39, 0.29) is 49.9 Å². The van der Waals surface area contributed by atoms with Crippen molar-refractivity contribution in [1.29, 1.82) is 0 Å². The molecule has 3 atom stereocenters. The maximum Gasteiger partial charge on any atom is 0.310 e. The molecule has 0 spiro atoms. The van der Waals surface area contributed by atoms with Gasteiger partial charge in [0.1, 0.15) is 25.5 Å². The fourth-order valence-corrected chi connectivity index (χ4v) is 9.82. The quantitative estimate of drug-likeness (QED) is 0.0267. The molecule has 3 unspecified atom stereocenters. The summed E-state index contributed by atoms with van der Waals surface area (Å²) in [6.07, 6.45) is 39.3. The molecule has 0 radical (unpaired) electrons. The third-order valence-electron chi connectivity index (χ3n) is 14.2. The van der Waals surface area contributed by atoms with Crippen LogP contribution in [0.25, 0.3) is 5.57 Å². The van der Waals surface area contributed by atoms with Crippen LogP contribution >= 0.6 is 11.7 Å². The van der Waals surface area contributed by atoms with E-state index < -0.39 is 18.3 Å². The van der Waals surface area contributed by atoms with E-state index in [0.717, 1.165) is 87.3 Å². The first-order valence-electron chi connectivity index (χ1n) is 29.2. The number of nitrogens with zero attached hydrogens (tertiary/aromatic N) is 3. The Morgan fingerprint density at radius 1 is 0.563 bits per heavy atom. The number of hydrogen-bond acceptors (Lipinski definition) is 12. The lowest BCUT2D eigenvalue weighted by molar-refractivity contribution is -0.944. The van der Waals surface area contributed by atoms with Crippen molar-refractivity contribution in [3.63, 3.8) is 0 Å². The molecule has 1 aliphatic heterocycles. The van der Waals surface area contributed by atoms with Crippen LogP contribution in [0.5, 0.6) is 5.88 Å². The van der Waals surface area contributed by atoms with E-state index in [0.29, 0.717) is 42.8 Å². The van der Waals surface area contributed by atoms with Gasteiger partial charge in [0.05, 0.1) is 31.9 Å². The van der Waals surface area contributed by atoms with Gasteiger partial charge in [-0.25, -0.2) is 0 Å². The predicted octanol–water partition coefficient (Wildman–Crippen LogP) is 15.4. The fraction of sp³-hybridized carbons (Fsp3) is 0.862. The van der Waals surface area contributed by atoms with Crippen LogP contribution in [-0.2, 0) is 38.1 Å². The van der Waals surface area contributed by atoms with Crippen molar-refractivity contribution in [3.8, 4) is 5.88 Å². The zero-order chi connectivity index (χ0) is 51.6. The molecule has 0 aromatic carbocycles. The van der Waals surface area contributed by atoms with Gasteiger partial charge >= 0.3 is 23.9 Å². The van der Waals surface area contributed by atoms with Gasteiger partial charge in [0, 0.05) is 44.6 Å². The Morgan fingerprint density at radius 3 is 1.49 bits per heavy atom. The van der Waals surface area contributed by atoms with Crippen molar-refractivity contribution in [1.82, 2.24) is 8.75 Å². The number of ether oxygens (including phenoxy) is 5. The lowest BCUT2D eigenvalue weighted by atomic mass is 10.0. The van der Waals surface area contributed by atoms with Crippen LogP contribution in [0.2, 0.25) is 0 Å². The zero-order valence-corrected chi connectivity index (χ0v) is 47.0. The number of aromatic nitrogens is 2. The SMILES string of the molecule is CCCCCCCCCCCCCCCC(=O)OCC(COC(=O)CCCCCCCCCCCCCCC)OC(=O)CC(C)CCC(=O)OC(C)[N+]1(C)CCC=C(c2nsnc2OCCCCCC)C1. The van der Waals surface area contributed by atoms with Gasteiger partial charge < -0.3 is 23.7 Å². The number of hydrogen-bond donors (Lipinski definition) is 0. The average molecular weight is 1020 g/mol. The van der Waals surface area contributed by atoms with E-state index in [1.807, 2.05) is 13.8 Å². The summed E-state index contributed by atoms with van der Waals surface area (Å²) in [6, 6.07) is 0. The summed E-state index contributed by atoms with van der Waals surface area (Å²) in [5, 5.41) is 0. The van der Waals surface area contributed by atoms with Crippen molar-refractivity contribution >= 4 is 41.2 Å². The van der Waals surface area contributed by atoms with Gasteiger partial charge in [0.15, 0.2) is 6.10 Å². The van der Waals surface area contributed by atoms with E-state index in [9.17, 15) is 19.2 Å². The first kappa shape index (κ1) is 64.1. The first-order valence-corrected chi connectivity index (χ1v) is 29.9. The molecule has 0 aliphatic carbocycles. The van der Waals surface area contributed by atoms with E-state index >= 15 is 0 Å². The molecular weight excluding hydrogens is 915 g/mol. The second-order valence-corrected chi connectivity index (χ2v) is 21.6. The monoisotopic (exact) mass is 1020 g/mol. The second-order valence-electron chi connectivity index (χ2n) is 21.1. The summed E-state index contributed by atoms with van der Waals surface area (Å²) < 4.78 is 38.5. The number of carbonyl (C=O) groups is 4. The summed E-state index contributed by atoms with van der Waals surface area (Å²) in [4.78, 5) is 52.0. The highest BCUT2D eigenvalue weighted by Gasteiger charge is 2.37. The molecule has 410 valence electrons. The number of rotatable bonds is 47. The highest BCUT2D eigenvalue weighted by atomic mass is 32.1. The van der Waals surface area contributed by atoms with Crippen molar-refractivity contribution in [2.45, 2.75) is 278 Å². The fourth-order valence-electron chi connectivity index (χ4n) is 9.29. The zero-order valence-electron chi connectivity index (χ0n) is 46.2. The molecule has 2 heterocycles. The topological polar surface area (TPSA) is 140 Å². The molecule has 1 aromatic rings. The molecule has 0 saturated carbocycles. The third-order valence-corrected chi connectivity index (χ3v) is 14.7. The molecular formula is C58H104N3O9S+. The summed E-state index contributed by atoms with van der Waals surface area (Å²) in [5.74, 6) is -1.08. The summed E-state index contributed by atoms with van der Waals surface area (Å²) in [6.45, 7) is 12.3. The third kappa shape index (κ3) is 32.7. The minimum absolute atomic E-state index is 0.0613. The summed E-state index contributed by atoms with van der Waals surface area (Å²) in [7, 11) is 2.10. The number of esters is 4. The number of likely N-dealkylation sites (N-methyl/N-ethyl adjacent to an activating group) is 1. The molecule has 1 aromatic heterocycles. The van der Waals surface area contributed by atoms with E-state index in [1.165, 1.54) is 141 Å². The molecule has 0 amide bonds. The van der Waals surface area contributed by atoms with Crippen molar-refractivity contribution < 1.29 is 47.3 Å². The normalized spacial score (nSPS) is 15.6. The van der Waals surface area contributed by atoms with Crippen LogP contribution in [0, 0.1) is 5.92 Å². The van der Waals surface area contributed by atoms with Crippen molar-refractivity contribution in [2.24, 2.45) is 5.92 Å². The van der Waals surface area contributed by atoms with Gasteiger partial charge in [-0.3, -0.25) is 23.7 Å². The Kier molecular flexibility index (Phi) is 38.2. The van der Waals surface area contributed by atoms with E-state index in [1.54, 1.807) is 0 Å². The predicted molar refractivity (Wildman–Crippen MR) is 289 cm³/mol. The number of carbonyl (C=O) groups excluding carboxylic acids is 4. The summed E-state index contributed by atoms with van der Waals surface area (Å²) >= 11 is 1.15. The first-order chi connectivity index (χ1) is 34.5. The Bertz CT molecular complexity index is 1510. The molecule has 13 heteroatoms. The molecule has 0 saturated heterocycles. The van der Waals surface area contributed by atoms with Gasteiger partial charge in [-0.2, -0.15) is 4.37 Å². The molecule has 0 fully saturated rings. The van der Waals surface area contributed by atoms with Crippen LogP contribution in [0.4, 0.5) is 0 Å².